The van der Waals surface area contributed by atoms with E-state index in [1.165, 1.54) is 27.7 Å². The third-order valence-electron chi connectivity index (χ3n) is 13.2. The lowest BCUT2D eigenvalue weighted by Gasteiger charge is -2.51. The van der Waals surface area contributed by atoms with Crippen LogP contribution in [0.1, 0.15) is 34.6 Å². The van der Waals surface area contributed by atoms with E-state index in [0.29, 0.717) is 0 Å². The number of carbonyl (C=O) groups excluding carboxylic acids is 1. The van der Waals surface area contributed by atoms with Gasteiger partial charge in [-0.05, 0) is 20.8 Å². The van der Waals surface area contributed by atoms with Gasteiger partial charge in [0, 0.05) is 19.4 Å². The third-order valence-corrected chi connectivity index (χ3v) is 13.2. The summed E-state index contributed by atoms with van der Waals surface area (Å²) in [6.07, 6.45) is -53.7. The van der Waals surface area contributed by atoms with Gasteiger partial charge >= 0.3 is 0 Å². The molecule has 5 saturated heterocycles. The maximum absolute atomic E-state index is 12.8. The highest BCUT2D eigenvalue weighted by Gasteiger charge is 2.58. The lowest BCUT2D eigenvalue weighted by Crippen LogP contribution is -2.70. The molecule has 0 aromatic heterocycles. The number of aliphatic hydroxyl groups excluding tert-OH is 18. The Hall–Kier alpha value is -1.69. The van der Waals surface area contributed by atoms with Crippen molar-refractivity contribution in [2.45, 2.75) is 219 Å². The summed E-state index contributed by atoms with van der Waals surface area (Å²) in [7, 11) is 0. The second-order valence-corrected chi connectivity index (χ2v) is 19.0. The van der Waals surface area contributed by atoms with E-state index >= 15 is 0 Å². The molecule has 0 bridgehead atoms. The number of carbonyl (C=O) groups is 1. The van der Waals surface area contributed by atoms with Crippen LogP contribution in [0.25, 0.3) is 0 Å². The minimum Gasteiger partial charge on any atom is -0.396 e. The Morgan fingerprint density at radius 2 is 0.959 bits per heavy atom. The molecule has 5 heterocycles. The number of ether oxygens (including phenoxy) is 11. The average molecular weight is 1070 g/mol. The maximum atomic E-state index is 12.8. The van der Waals surface area contributed by atoms with Gasteiger partial charge in [-0.15, -0.1) is 0 Å². The van der Waals surface area contributed by atoms with Gasteiger partial charge in [0.15, 0.2) is 37.7 Å². The quantitative estimate of drug-likeness (QED) is 0.0448. The van der Waals surface area contributed by atoms with Gasteiger partial charge in [0.2, 0.25) is 5.91 Å². The summed E-state index contributed by atoms with van der Waals surface area (Å²) < 4.78 is 62.9. The molecule has 5 fully saturated rings. The third kappa shape index (κ3) is 14.1. The average Bonchev–Trinajstić information content (AvgIpc) is 3.35. The molecule has 30 atom stereocenters. The number of nitrogens with one attached hydrogen (secondary N) is 1. The van der Waals surface area contributed by atoms with E-state index in [2.05, 4.69) is 5.32 Å². The van der Waals surface area contributed by atoms with Crippen LogP contribution in [0.2, 0.25) is 0 Å². The van der Waals surface area contributed by atoms with E-state index in [0.717, 1.165) is 6.92 Å². The molecule has 0 aromatic carbocycles. The van der Waals surface area contributed by atoms with Gasteiger partial charge in [-0.1, -0.05) is 6.92 Å². The zero-order valence-electron chi connectivity index (χ0n) is 40.4. The standard InChI is InChI=1S/C42H75NO30/c1-11(2)63-37(62)28(58)26(56)32(12(3)6-44)69-40-30(60)27(57)33(18(10-48)68-40)70-41-31(61)35(23(53)17(9-47)66-41)72-38-19(43-14(5)49)34(22(52)16(8-46)65-38)71-42-36(25(55)21(51)15(7-45)67-42)73-39-29(59)24(54)20(50)13(4)64-39/h11-13,15-42,44-48,50-62H,6-10H2,1-5H3,(H,43,49)/t12?,13?,15?,16?,17?,18?,19-,20+,21-,22-,23-,24-,25?,26?,27?,28-,29?,30-,31?,32+,33-,34?,35-,36-,37-,38-,39-,40-,41+,42-/m0/s1. The van der Waals surface area contributed by atoms with Crippen LogP contribution in [-0.2, 0) is 56.9 Å². The van der Waals surface area contributed by atoms with Crippen molar-refractivity contribution in [3.05, 3.63) is 0 Å². The van der Waals surface area contributed by atoms with Crippen molar-refractivity contribution in [2.75, 3.05) is 33.0 Å². The maximum Gasteiger partial charge on any atom is 0.217 e. The summed E-state index contributed by atoms with van der Waals surface area (Å²) in [5.41, 5.74) is 0. The van der Waals surface area contributed by atoms with E-state index in [-0.39, 0.29) is 0 Å². The Bertz CT molecular complexity index is 1660. The highest BCUT2D eigenvalue weighted by Crippen LogP contribution is 2.37. The molecule has 5 rings (SSSR count). The molecule has 0 radical (unpaired) electrons. The zero-order chi connectivity index (χ0) is 54.5. The molecule has 0 spiro atoms. The molecule has 31 nitrogen and oxygen atoms in total. The molecular formula is C42H75NO30. The molecule has 12 unspecified atom stereocenters. The molecule has 428 valence electrons. The van der Waals surface area contributed by atoms with Gasteiger partial charge in [-0.2, -0.15) is 0 Å². The van der Waals surface area contributed by atoms with Crippen LogP contribution < -0.4 is 5.32 Å². The smallest absolute Gasteiger partial charge is 0.217 e. The van der Waals surface area contributed by atoms with Crippen molar-refractivity contribution in [1.82, 2.24) is 5.32 Å². The van der Waals surface area contributed by atoms with Crippen molar-refractivity contribution >= 4 is 5.91 Å². The van der Waals surface area contributed by atoms with Crippen molar-refractivity contribution in [3.63, 3.8) is 0 Å². The van der Waals surface area contributed by atoms with E-state index in [1.807, 2.05) is 0 Å². The minimum atomic E-state index is -2.22. The summed E-state index contributed by atoms with van der Waals surface area (Å²) in [5.74, 6) is -1.90. The highest BCUT2D eigenvalue weighted by molar-refractivity contribution is 5.73. The molecule has 0 aromatic rings. The van der Waals surface area contributed by atoms with Gasteiger partial charge in [-0.25, -0.2) is 0 Å². The summed E-state index contributed by atoms with van der Waals surface area (Å²) in [6, 6.07) is -1.79. The first-order chi connectivity index (χ1) is 34.3. The normalized spacial score (nSPS) is 45.8. The van der Waals surface area contributed by atoms with Gasteiger partial charge in [0.25, 0.3) is 0 Å². The van der Waals surface area contributed by atoms with Gasteiger partial charge in [0.05, 0.1) is 44.7 Å². The lowest BCUT2D eigenvalue weighted by atomic mass is 9.94. The van der Waals surface area contributed by atoms with Gasteiger partial charge in [0.1, 0.15) is 128 Å². The van der Waals surface area contributed by atoms with E-state index in [4.69, 9.17) is 52.1 Å². The largest absolute Gasteiger partial charge is 0.396 e. The first-order valence-electron chi connectivity index (χ1n) is 23.7. The van der Waals surface area contributed by atoms with E-state index in [9.17, 15) is 96.7 Å². The Kier molecular flexibility index (Phi) is 23.2. The summed E-state index contributed by atoms with van der Waals surface area (Å²) >= 11 is 0. The first-order valence-corrected chi connectivity index (χ1v) is 23.7. The molecule has 73 heavy (non-hydrogen) atoms. The van der Waals surface area contributed by atoms with Crippen LogP contribution in [0.15, 0.2) is 0 Å². The first kappa shape index (κ1) is 62.2. The second-order valence-electron chi connectivity index (χ2n) is 19.0. The second kappa shape index (κ2) is 27.3. The lowest BCUT2D eigenvalue weighted by molar-refractivity contribution is -0.391. The highest BCUT2D eigenvalue weighted by atomic mass is 16.8. The molecule has 0 saturated carbocycles. The number of hydrogen-bond donors (Lipinski definition) is 19. The predicted octanol–water partition coefficient (Wildman–Crippen LogP) is -11.3. The monoisotopic (exact) mass is 1070 g/mol. The Labute approximate surface area is 417 Å². The van der Waals surface area contributed by atoms with Crippen LogP contribution in [0.3, 0.4) is 0 Å². The van der Waals surface area contributed by atoms with Gasteiger partial charge in [-0.3, -0.25) is 4.79 Å². The van der Waals surface area contributed by atoms with Crippen molar-refractivity contribution < 1.29 is 149 Å². The molecule has 0 aliphatic carbocycles. The van der Waals surface area contributed by atoms with Crippen molar-refractivity contribution in [3.8, 4) is 0 Å². The van der Waals surface area contributed by atoms with Crippen LogP contribution in [-0.4, -0.2) is 315 Å². The topological polar surface area (TPSA) is 495 Å². The minimum absolute atomic E-state index is 0.606. The van der Waals surface area contributed by atoms with E-state index < -0.39 is 229 Å². The fourth-order valence-electron chi connectivity index (χ4n) is 8.98. The molecule has 5 aliphatic rings. The fourth-order valence-corrected chi connectivity index (χ4v) is 8.98. The number of amides is 1. The van der Waals surface area contributed by atoms with Crippen LogP contribution in [0.4, 0.5) is 0 Å². The molecule has 31 heteroatoms. The number of hydrogen-bond acceptors (Lipinski definition) is 30. The number of aliphatic hydroxyl groups is 18. The Balaban J connectivity index is 1.39. The molecule has 1 amide bonds. The van der Waals surface area contributed by atoms with Crippen molar-refractivity contribution in [2.24, 2.45) is 5.92 Å². The molecular weight excluding hydrogens is 998 g/mol. The van der Waals surface area contributed by atoms with Crippen LogP contribution in [0, 0.1) is 5.92 Å². The van der Waals surface area contributed by atoms with Gasteiger partial charge < -0.3 is 149 Å². The van der Waals surface area contributed by atoms with E-state index in [1.54, 1.807) is 0 Å². The van der Waals surface area contributed by atoms with Crippen LogP contribution in [0.5, 0.6) is 0 Å². The molecule has 19 N–H and O–H groups in total. The van der Waals surface area contributed by atoms with Crippen molar-refractivity contribution in [1.29, 1.82) is 0 Å². The number of rotatable bonds is 22. The summed E-state index contributed by atoms with van der Waals surface area (Å²) in [5, 5.41) is 196. The van der Waals surface area contributed by atoms with Crippen LogP contribution >= 0.6 is 0 Å². The Morgan fingerprint density at radius 1 is 0.493 bits per heavy atom. The summed E-state index contributed by atoms with van der Waals surface area (Å²) in [4.78, 5) is 12.8. The fraction of sp³-hybridized carbons (Fsp3) is 0.976. The predicted molar refractivity (Wildman–Crippen MR) is 230 cm³/mol. The Morgan fingerprint density at radius 3 is 1.52 bits per heavy atom. The summed E-state index contributed by atoms with van der Waals surface area (Å²) in [6.45, 7) is 2.08. The molecule has 5 aliphatic heterocycles. The zero-order valence-corrected chi connectivity index (χ0v) is 40.4. The SMILES string of the molecule is CC(=O)N[C@H]1C(O[C@@H]2OC(CO)[C@H](O)C(O)[C@@H]2O[C@@H]2OC(C)[C@@H](O)[C@H](O)C2O)[C@@H](O)C(CO)O[C@H]1O[C@@H]1C(O)[C@@H](O[C@H]2C(CO)O[C@@H](O[C@H](C(C)CO)C(O)[C@H](O)[C@@H](O)OC(C)C)[C@@H](O)C2O)OC(CO)[C@@H]1O.